The lowest BCUT2D eigenvalue weighted by Crippen LogP contribution is -2.13. The summed E-state index contributed by atoms with van der Waals surface area (Å²) in [6.07, 6.45) is 1.01. The number of aromatic nitrogens is 1. The molecule has 0 saturated carbocycles. The number of nitrogens with one attached hydrogen (secondary N) is 1. The number of amides is 1. The third kappa shape index (κ3) is 3.72. The molecule has 0 radical (unpaired) electrons. The molecular weight excluding hydrogens is 286 g/mol. The van der Waals surface area contributed by atoms with Crippen molar-refractivity contribution in [1.29, 1.82) is 5.26 Å². The number of hydrogen-bond acceptors (Lipinski definition) is 3. The molecule has 3 rings (SSSR count). The van der Waals surface area contributed by atoms with Gasteiger partial charge in [0.1, 0.15) is 5.82 Å². The molecule has 0 unspecified atom stereocenters. The molecule has 0 saturated heterocycles. The Morgan fingerprint density at radius 1 is 1.04 bits per heavy atom. The van der Waals surface area contributed by atoms with Gasteiger partial charge in [0.2, 0.25) is 5.91 Å². The van der Waals surface area contributed by atoms with E-state index in [1.165, 1.54) is 0 Å². The number of fused-ring (bicyclic) bond motifs is 1. The lowest BCUT2D eigenvalue weighted by molar-refractivity contribution is -0.116. The first-order valence-electron chi connectivity index (χ1n) is 7.39. The lowest BCUT2D eigenvalue weighted by atomic mass is 10.1. The Morgan fingerprint density at radius 3 is 2.61 bits per heavy atom. The van der Waals surface area contributed by atoms with Gasteiger partial charge in [0, 0.05) is 11.8 Å². The first-order valence-corrected chi connectivity index (χ1v) is 7.39. The average molecular weight is 301 g/mol. The van der Waals surface area contributed by atoms with Crippen LogP contribution in [-0.4, -0.2) is 10.9 Å². The summed E-state index contributed by atoms with van der Waals surface area (Å²) in [5.41, 5.74) is 2.52. The molecule has 0 bridgehead atoms. The molecule has 1 aromatic heterocycles. The SMILES string of the molecule is N#Cc1ccc(CCC(=O)Nc2ccc3ccccc3n2)cc1. The topological polar surface area (TPSA) is 65.8 Å². The summed E-state index contributed by atoms with van der Waals surface area (Å²) in [6.45, 7) is 0. The summed E-state index contributed by atoms with van der Waals surface area (Å²) in [5, 5.41) is 12.6. The Labute approximate surface area is 134 Å². The molecule has 3 aromatic rings. The third-order valence-electron chi connectivity index (χ3n) is 3.59. The Bertz CT molecular complexity index is 879. The average Bonchev–Trinajstić information content (AvgIpc) is 2.60. The molecule has 23 heavy (non-hydrogen) atoms. The monoisotopic (exact) mass is 301 g/mol. The van der Waals surface area contributed by atoms with E-state index in [2.05, 4.69) is 16.4 Å². The lowest BCUT2D eigenvalue weighted by Gasteiger charge is -2.06. The summed E-state index contributed by atoms with van der Waals surface area (Å²) >= 11 is 0. The fraction of sp³-hybridized carbons (Fsp3) is 0.105. The second-order valence-electron chi connectivity index (χ2n) is 5.25. The van der Waals surface area contributed by atoms with Crippen molar-refractivity contribution in [3.63, 3.8) is 0 Å². The largest absolute Gasteiger partial charge is 0.311 e. The maximum Gasteiger partial charge on any atom is 0.225 e. The van der Waals surface area contributed by atoms with Crippen LogP contribution < -0.4 is 5.32 Å². The van der Waals surface area contributed by atoms with Gasteiger partial charge in [0.25, 0.3) is 0 Å². The summed E-state index contributed by atoms with van der Waals surface area (Å²) in [7, 11) is 0. The van der Waals surface area contributed by atoms with E-state index in [0.717, 1.165) is 16.5 Å². The van der Waals surface area contributed by atoms with Gasteiger partial charge in [-0.2, -0.15) is 5.26 Å². The van der Waals surface area contributed by atoms with E-state index < -0.39 is 0 Å². The zero-order valence-electron chi connectivity index (χ0n) is 12.5. The van der Waals surface area contributed by atoms with Crippen molar-refractivity contribution in [1.82, 2.24) is 4.98 Å². The maximum absolute atomic E-state index is 12.0. The van der Waals surface area contributed by atoms with Gasteiger partial charge in [-0.25, -0.2) is 4.98 Å². The minimum absolute atomic E-state index is 0.0721. The highest BCUT2D eigenvalue weighted by Gasteiger charge is 2.05. The minimum Gasteiger partial charge on any atom is -0.311 e. The number of rotatable bonds is 4. The van der Waals surface area contributed by atoms with Crippen molar-refractivity contribution in [3.8, 4) is 6.07 Å². The Balaban J connectivity index is 1.60. The van der Waals surface area contributed by atoms with Crippen LogP contribution in [-0.2, 0) is 11.2 Å². The zero-order valence-corrected chi connectivity index (χ0v) is 12.5. The number of carbonyl (C=O) groups is 1. The predicted molar refractivity (Wildman–Crippen MR) is 89.9 cm³/mol. The molecule has 112 valence electrons. The smallest absolute Gasteiger partial charge is 0.225 e. The van der Waals surface area contributed by atoms with E-state index in [1.807, 2.05) is 48.5 Å². The molecule has 4 heteroatoms. The van der Waals surface area contributed by atoms with E-state index in [1.54, 1.807) is 12.1 Å². The highest BCUT2D eigenvalue weighted by atomic mass is 16.1. The molecule has 0 aliphatic heterocycles. The summed E-state index contributed by atoms with van der Waals surface area (Å²) < 4.78 is 0. The zero-order chi connectivity index (χ0) is 16.1. The Kier molecular flexibility index (Phi) is 4.30. The molecule has 0 aliphatic rings. The molecule has 0 spiro atoms. The predicted octanol–water partition coefficient (Wildman–Crippen LogP) is 3.68. The summed E-state index contributed by atoms with van der Waals surface area (Å²) in [5.74, 6) is 0.491. The third-order valence-corrected chi connectivity index (χ3v) is 3.59. The van der Waals surface area contributed by atoms with E-state index in [4.69, 9.17) is 5.26 Å². The van der Waals surface area contributed by atoms with E-state index in [-0.39, 0.29) is 5.91 Å². The van der Waals surface area contributed by atoms with Crippen LogP contribution in [0.1, 0.15) is 17.5 Å². The van der Waals surface area contributed by atoms with Crippen LogP contribution in [0.4, 0.5) is 5.82 Å². The maximum atomic E-state index is 12.0. The molecule has 0 atom stereocenters. The number of pyridine rings is 1. The number of aryl methyl sites for hydroxylation is 1. The first kappa shape index (κ1) is 14.7. The summed E-state index contributed by atoms with van der Waals surface area (Å²) in [6, 6.07) is 20.9. The van der Waals surface area contributed by atoms with Gasteiger partial charge in [0.15, 0.2) is 0 Å². The van der Waals surface area contributed by atoms with Gasteiger partial charge in [-0.05, 0) is 42.3 Å². The normalized spacial score (nSPS) is 10.2. The van der Waals surface area contributed by atoms with Gasteiger partial charge in [-0.1, -0.05) is 30.3 Å². The number of nitrogens with zero attached hydrogens (tertiary/aromatic N) is 2. The molecule has 1 amide bonds. The van der Waals surface area contributed by atoms with Gasteiger partial charge >= 0.3 is 0 Å². The van der Waals surface area contributed by atoms with Crippen LogP contribution in [0.2, 0.25) is 0 Å². The highest BCUT2D eigenvalue weighted by Crippen LogP contribution is 2.15. The van der Waals surface area contributed by atoms with Crippen molar-refractivity contribution < 1.29 is 4.79 Å². The number of para-hydroxylation sites is 1. The van der Waals surface area contributed by atoms with E-state index in [9.17, 15) is 4.79 Å². The molecule has 1 N–H and O–H groups in total. The fourth-order valence-corrected chi connectivity index (χ4v) is 2.34. The second kappa shape index (κ2) is 6.71. The van der Waals surface area contributed by atoms with Crippen LogP contribution >= 0.6 is 0 Å². The van der Waals surface area contributed by atoms with Crippen molar-refractivity contribution in [2.24, 2.45) is 0 Å². The number of anilines is 1. The van der Waals surface area contributed by atoms with Crippen LogP contribution in [0, 0.1) is 11.3 Å². The highest BCUT2D eigenvalue weighted by molar-refractivity contribution is 5.91. The standard InChI is InChI=1S/C19H15N3O/c20-13-15-7-5-14(6-8-15)9-12-19(23)22-18-11-10-16-3-1-2-4-17(16)21-18/h1-8,10-11H,9,12H2,(H,21,22,23). The van der Waals surface area contributed by atoms with Gasteiger partial charge in [-0.3, -0.25) is 4.79 Å². The first-order chi connectivity index (χ1) is 11.2. The van der Waals surface area contributed by atoms with Gasteiger partial charge in [0.05, 0.1) is 17.1 Å². The molecule has 0 aliphatic carbocycles. The molecular formula is C19H15N3O. The van der Waals surface area contributed by atoms with E-state index >= 15 is 0 Å². The van der Waals surface area contributed by atoms with Crippen molar-refractivity contribution >= 4 is 22.6 Å². The quantitative estimate of drug-likeness (QED) is 0.799. The number of carbonyl (C=O) groups excluding carboxylic acids is 1. The van der Waals surface area contributed by atoms with Crippen LogP contribution in [0.5, 0.6) is 0 Å². The molecule has 2 aromatic carbocycles. The number of hydrogen-bond donors (Lipinski definition) is 1. The van der Waals surface area contributed by atoms with Crippen LogP contribution in [0.15, 0.2) is 60.7 Å². The second-order valence-corrected chi connectivity index (χ2v) is 5.25. The van der Waals surface area contributed by atoms with Gasteiger partial charge < -0.3 is 5.32 Å². The van der Waals surface area contributed by atoms with Crippen molar-refractivity contribution in [3.05, 3.63) is 71.8 Å². The Morgan fingerprint density at radius 2 is 1.83 bits per heavy atom. The number of nitriles is 1. The van der Waals surface area contributed by atoms with Crippen molar-refractivity contribution in [2.45, 2.75) is 12.8 Å². The fourth-order valence-electron chi connectivity index (χ4n) is 2.34. The number of benzene rings is 2. The van der Waals surface area contributed by atoms with Gasteiger partial charge in [-0.15, -0.1) is 0 Å². The minimum atomic E-state index is -0.0721. The molecule has 1 heterocycles. The van der Waals surface area contributed by atoms with Crippen LogP contribution in [0.3, 0.4) is 0 Å². The van der Waals surface area contributed by atoms with Crippen LogP contribution in [0.25, 0.3) is 10.9 Å². The van der Waals surface area contributed by atoms with Crippen molar-refractivity contribution in [2.75, 3.05) is 5.32 Å². The Hall–Kier alpha value is -3.19. The molecule has 4 nitrogen and oxygen atoms in total. The summed E-state index contributed by atoms with van der Waals surface area (Å²) in [4.78, 5) is 16.5. The van der Waals surface area contributed by atoms with E-state index in [0.29, 0.717) is 24.2 Å². The molecule has 0 fully saturated rings.